The number of halogens is 1. The van der Waals surface area contributed by atoms with Crippen molar-refractivity contribution in [2.75, 3.05) is 7.11 Å². The van der Waals surface area contributed by atoms with Gasteiger partial charge in [0.05, 0.1) is 7.11 Å². The molecule has 0 bridgehead atoms. The normalized spacial score (nSPS) is 16.3. The largest absolute Gasteiger partial charge is 0.495 e. The summed E-state index contributed by atoms with van der Waals surface area (Å²) < 4.78 is 47.5. The predicted octanol–water partition coefficient (Wildman–Crippen LogP) is 3.56. The minimum absolute atomic E-state index is 0.0107. The fourth-order valence-corrected chi connectivity index (χ4v) is 5.25. The summed E-state index contributed by atoms with van der Waals surface area (Å²) in [5.74, 6) is -1.07. The van der Waals surface area contributed by atoms with Crippen LogP contribution in [0.25, 0.3) is 0 Å². The van der Waals surface area contributed by atoms with Crippen LogP contribution in [0.5, 0.6) is 5.75 Å². The summed E-state index contributed by atoms with van der Waals surface area (Å²) in [5.41, 5.74) is 0.817. The maximum absolute atomic E-state index is 13.8. The molecular weight excluding hydrogens is 419 g/mol. The summed E-state index contributed by atoms with van der Waals surface area (Å²) in [6.45, 7) is 0. The molecule has 8 heteroatoms. The molecule has 0 saturated heterocycles. The summed E-state index contributed by atoms with van der Waals surface area (Å²) in [6, 6.07) is 11.5. The van der Waals surface area contributed by atoms with Gasteiger partial charge in [0, 0.05) is 6.04 Å². The zero-order chi connectivity index (χ0) is 22.3. The van der Waals surface area contributed by atoms with Crippen molar-refractivity contribution in [3.63, 3.8) is 0 Å². The average Bonchev–Trinajstić information content (AvgIpc) is 3.02. The second kappa shape index (κ2) is 10.7. The summed E-state index contributed by atoms with van der Waals surface area (Å²) in [7, 11) is -2.90. The van der Waals surface area contributed by atoms with Crippen molar-refractivity contribution in [3.05, 3.63) is 59.9 Å². The van der Waals surface area contributed by atoms with Crippen molar-refractivity contribution in [1.82, 2.24) is 10.0 Å². The highest BCUT2D eigenvalue weighted by atomic mass is 32.2. The Kier molecular flexibility index (Phi) is 8.03. The van der Waals surface area contributed by atoms with E-state index < -0.39 is 21.9 Å². The van der Waals surface area contributed by atoms with E-state index in [0.717, 1.165) is 56.2 Å². The van der Waals surface area contributed by atoms with Crippen LogP contribution >= 0.6 is 0 Å². The number of rotatable bonds is 8. The quantitative estimate of drug-likeness (QED) is 0.605. The molecule has 2 aromatic rings. The summed E-state index contributed by atoms with van der Waals surface area (Å²) in [6.07, 6.45) is 6.32. The molecule has 0 spiro atoms. The number of ether oxygens (including phenoxy) is 1. The first-order valence-electron chi connectivity index (χ1n) is 10.6. The third-order valence-electron chi connectivity index (χ3n) is 5.51. The van der Waals surface area contributed by atoms with Gasteiger partial charge < -0.3 is 10.1 Å². The summed E-state index contributed by atoms with van der Waals surface area (Å²) in [4.78, 5) is 12.8. The van der Waals surface area contributed by atoms with E-state index in [2.05, 4.69) is 10.0 Å². The highest BCUT2D eigenvalue weighted by molar-refractivity contribution is 7.89. The molecule has 1 fully saturated rings. The molecule has 1 aliphatic carbocycles. The Labute approximate surface area is 183 Å². The molecule has 0 aromatic heterocycles. The molecule has 1 unspecified atom stereocenters. The number of nitrogens with one attached hydrogen (secondary N) is 2. The van der Waals surface area contributed by atoms with Gasteiger partial charge in [0.25, 0.3) is 0 Å². The van der Waals surface area contributed by atoms with Crippen molar-refractivity contribution in [2.45, 2.75) is 61.9 Å². The van der Waals surface area contributed by atoms with Crippen molar-refractivity contribution < 1.29 is 22.3 Å². The first-order valence-corrected chi connectivity index (χ1v) is 12.1. The van der Waals surface area contributed by atoms with Crippen LogP contribution in [0.1, 0.15) is 44.1 Å². The molecule has 0 heterocycles. The molecule has 6 nitrogen and oxygen atoms in total. The first kappa shape index (κ1) is 23.2. The van der Waals surface area contributed by atoms with E-state index >= 15 is 0 Å². The topological polar surface area (TPSA) is 84.5 Å². The third-order valence-corrected chi connectivity index (χ3v) is 7.01. The van der Waals surface area contributed by atoms with Crippen LogP contribution in [0.3, 0.4) is 0 Å². The Morgan fingerprint density at radius 1 is 1.10 bits per heavy atom. The lowest BCUT2D eigenvalue weighted by atomic mass is 10.0. The molecule has 0 radical (unpaired) electrons. The van der Waals surface area contributed by atoms with Crippen LogP contribution in [0.15, 0.2) is 53.4 Å². The molecule has 1 atom stereocenters. The van der Waals surface area contributed by atoms with Crippen LogP contribution in [-0.2, 0) is 21.2 Å². The molecule has 0 aliphatic heterocycles. The van der Waals surface area contributed by atoms with Gasteiger partial charge in [-0.15, -0.1) is 0 Å². The van der Waals surface area contributed by atoms with Crippen LogP contribution in [0.4, 0.5) is 4.39 Å². The zero-order valence-electron chi connectivity index (χ0n) is 17.6. The second-order valence-corrected chi connectivity index (χ2v) is 9.54. The molecule has 1 aliphatic rings. The molecule has 2 aromatic carbocycles. The number of sulfonamides is 1. The number of methoxy groups -OCH3 is 1. The summed E-state index contributed by atoms with van der Waals surface area (Å²) in [5, 5.41) is 3.02. The zero-order valence-corrected chi connectivity index (χ0v) is 18.5. The highest BCUT2D eigenvalue weighted by Gasteiger charge is 2.30. The maximum atomic E-state index is 13.8. The Morgan fingerprint density at radius 3 is 2.42 bits per heavy atom. The molecule has 1 saturated carbocycles. The van der Waals surface area contributed by atoms with E-state index in [1.54, 1.807) is 0 Å². The van der Waals surface area contributed by atoms with Gasteiger partial charge in [0.15, 0.2) is 0 Å². The van der Waals surface area contributed by atoms with E-state index in [1.807, 2.05) is 30.3 Å². The second-order valence-electron chi connectivity index (χ2n) is 7.86. The van der Waals surface area contributed by atoms with Gasteiger partial charge in [-0.2, -0.15) is 4.72 Å². The minimum Gasteiger partial charge on any atom is -0.495 e. The van der Waals surface area contributed by atoms with E-state index in [1.165, 1.54) is 13.2 Å². The number of hydrogen-bond acceptors (Lipinski definition) is 4. The van der Waals surface area contributed by atoms with Crippen molar-refractivity contribution in [2.24, 2.45) is 0 Å². The summed E-state index contributed by atoms with van der Waals surface area (Å²) >= 11 is 0. The van der Waals surface area contributed by atoms with Gasteiger partial charge in [0.1, 0.15) is 22.5 Å². The van der Waals surface area contributed by atoms with Gasteiger partial charge in [0.2, 0.25) is 15.9 Å². The van der Waals surface area contributed by atoms with Gasteiger partial charge in [-0.1, -0.05) is 56.0 Å². The van der Waals surface area contributed by atoms with Crippen LogP contribution in [0, 0.1) is 5.82 Å². The van der Waals surface area contributed by atoms with Gasteiger partial charge >= 0.3 is 0 Å². The van der Waals surface area contributed by atoms with Crippen molar-refractivity contribution >= 4 is 15.9 Å². The molecular formula is C23H29FN2O4S. The van der Waals surface area contributed by atoms with Crippen LogP contribution in [-0.4, -0.2) is 33.5 Å². The number of carbonyl (C=O) groups excluding carboxylic acids is 1. The number of amides is 1. The minimum atomic E-state index is -4.21. The Bertz CT molecular complexity index is 974. The lowest BCUT2D eigenvalue weighted by molar-refractivity contribution is -0.123. The van der Waals surface area contributed by atoms with Crippen LogP contribution in [0.2, 0.25) is 0 Å². The lowest BCUT2D eigenvalue weighted by Gasteiger charge is -2.23. The van der Waals surface area contributed by atoms with Gasteiger partial charge in [-0.25, -0.2) is 12.8 Å². The fourth-order valence-electron chi connectivity index (χ4n) is 3.87. The van der Waals surface area contributed by atoms with Crippen LogP contribution < -0.4 is 14.8 Å². The number of hydrogen-bond donors (Lipinski definition) is 2. The Morgan fingerprint density at radius 2 is 1.77 bits per heavy atom. The molecule has 2 N–H and O–H groups in total. The standard InChI is InChI=1S/C23H29FN2O4S/c1-30-21-14-13-18(24)16-22(21)31(28,29)26-20(15-17-9-5-4-6-10-17)23(27)25-19-11-7-2-3-8-12-19/h4-6,9-10,13-14,16,19-20,26H,2-3,7-8,11-12,15H2,1H3,(H,25,27). The monoisotopic (exact) mass is 448 g/mol. The van der Waals surface area contributed by atoms with E-state index in [-0.39, 0.29) is 29.0 Å². The maximum Gasteiger partial charge on any atom is 0.245 e. The van der Waals surface area contributed by atoms with Crippen molar-refractivity contribution in [1.29, 1.82) is 0 Å². The smallest absolute Gasteiger partial charge is 0.245 e. The van der Waals surface area contributed by atoms with Gasteiger partial charge in [-0.3, -0.25) is 4.79 Å². The van der Waals surface area contributed by atoms with E-state index in [4.69, 9.17) is 4.74 Å². The molecule has 3 rings (SSSR count). The number of carbonyl (C=O) groups is 1. The molecule has 1 amide bonds. The number of benzene rings is 2. The lowest BCUT2D eigenvalue weighted by Crippen LogP contribution is -2.50. The van der Waals surface area contributed by atoms with Crippen molar-refractivity contribution in [3.8, 4) is 5.75 Å². The first-order chi connectivity index (χ1) is 14.9. The Balaban J connectivity index is 1.85. The third kappa shape index (κ3) is 6.51. The fraction of sp³-hybridized carbons (Fsp3) is 0.435. The van der Waals surface area contributed by atoms with E-state index in [0.29, 0.717) is 0 Å². The predicted molar refractivity (Wildman–Crippen MR) is 117 cm³/mol. The Hall–Kier alpha value is -2.45. The van der Waals surface area contributed by atoms with E-state index in [9.17, 15) is 17.6 Å². The molecule has 31 heavy (non-hydrogen) atoms. The average molecular weight is 449 g/mol. The SMILES string of the molecule is COc1ccc(F)cc1S(=O)(=O)NC(Cc1ccccc1)C(=O)NC1CCCCCC1. The highest BCUT2D eigenvalue weighted by Crippen LogP contribution is 2.25. The van der Waals surface area contributed by atoms with Gasteiger partial charge in [-0.05, 0) is 43.0 Å². The molecule has 168 valence electrons.